The number of imidazole rings is 1. The Kier molecular flexibility index (Phi) is 2.32. The molecule has 0 radical (unpaired) electrons. The number of hydrogen-bond donors (Lipinski definition) is 1. The van der Waals surface area contributed by atoms with Gasteiger partial charge in [-0.15, -0.1) is 11.3 Å². The summed E-state index contributed by atoms with van der Waals surface area (Å²) in [6.07, 6.45) is 7.47. The highest BCUT2D eigenvalue weighted by Gasteiger charge is 1.95. The highest BCUT2D eigenvalue weighted by atomic mass is 32.1. The lowest BCUT2D eigenvalue weighted by Gasteiger charge is -1.91. The molecule has 2 aromatic rings. The van der Waals surface area contributed by atoms with Crippen LogP contribution in [0.1, 0.15) is 11.5 Å². The summed E-state index contributed by atoms with van der Waals surface area (Å²) in [5, 5.41) is 2.50. The zero-order valence-electron chi connectivity index (χ0n) is 7.71. The van der Waals surface area contributed by atoms with Crippen LogP contribution in [0.15, 0.2) is 17.8 Å². The fraction of sp³-hybridized carbons (Fsp3) is 0.111. The normalized spacial score (nSPS) is 11.2. The lowest BCUT2D eigenvalue weighted by Crippen LogP contribution is -1.88. The van der Waals surface area contributed by atoms with Crippen molar-refractivity contribution >= 4 is 28.6 Å². The van der Waals surface area contributed by atoms with Gasteiger partial charge in [-0.3, -0.25) is 0 Å². The Hall–Kier alpha value is -1.62. The minimum absolute atomic E-state index is 0.587. The lowest BCUT2D eigenvalue weighted by molar-refractivity contribution is 0.898. The molecule has 0 unspecified atom stereocenters. The standard InChI is InChI=1S/C9H10N4S/c1-13-5-4-11-8(13)3-2-7-6-14-9(10)12-7/h2-6H,1H3,(H2,10,12). The van der Waals surface area contributed by atoms with E-state index in [0.29, 0.717) is 5.13 Å². The third-order valence-corrected chi connectivity index (χ3v) is 2.49. The summed E-state index contributed by atoms with van der Waals surface area (Å²) in [5.41, 5.74) is 6.38. The maximum Gasteiger partial charge on any atom is 0.180 e. The van der Waals surface area contributed by atoms with Crippen molar-refractivity contribution in [2.75, 3.05) is 5.73 Å². The molecule has 0 bridgehead atoms. The molecule has 2 N–H and O–H groups in total. The molecule has 0 aliphatic rings. The minimum atomic E-state index is 0.587. The van der Waals surface area contributed by atoms with E-state index < -0.39 is 0 Å². The van der Waals surface area contributed by atoms with E-state index >= 15 is 0 Å². The van der Waals surface area contributed by atoms with Crippen molar-refractivity contribution in [3.05, 3.63) is 29.3 Å². The van der Waals surface area contributed by atoms with E-state index in [1.165, 1.54) is 11.3 Å². The van der Waals surface area contributed by atoms with Gasteiger partial charge in [0.15, 0.2) is 5.13 Å². The van der Waals surface area contributed by atoms with Crippen LogP contribution in [0.3, 0.4) is 0 Å². The van der Waals surface area contributed by atoms with Crippen LogP contribution < -0.4 is 5.73 Å². The fourth-order valence-corrected chi connectivity index (χ4v) is 1.61. The highest BCUT2D eigenvalue weighted by molar-refractivity contribution is 7.13. The first kappa shape index (κ1) is 8.96. The summed E-state index contributed by atoms with van der Waals surface area (Å²) < 4.78 is 1.94. The molecule has 0 aromatic carbocycles. The molecule has 0 aliphatic heterocycles. The van der Waals surface area contributed by atoms with E-state index in [2.05, 4.69) is 9.97 Å². The van der Waals surface area contributed by atoms with Crippen LogP contribution in [-0.4, -0.2) is 14.5 Å². The fourth-order valence-electron chi connectivity index (χ4n) is 1.07. The smallest absolute Gasteiger partial charge is 0.180 e. The van der Waals surface area contributed by atoms with E-state index in [-0.39, 0.29) is 0 Å². The van der Waals surface area contributed by atoms with Crippen molar-refractivity contribution < 1.29 is 0 Å². The van der Waals surface area contributed by atoms with Gasteiger partial charge in [0.1, 0.15) is 5.82 Å². The molecule has 0 fully saturated rings. The third kappa shape index (κ3) is 1.82. The SMILES string of the molecule is Cn1ccnc1C=Cc1csc(N)n1. The number of nitrogens with zero attached hydrogens (tertiary/aromatic N) is 3. The van der Waals surface area contributed by atoms with Gasteiger partial charge in [0.25, 0.3) is 0 Å². The maximum absolute atomic E-state index is 5.51. The second-order valence-corrected chi connectivity index (χ2v) is 3.73. The first-order chi connectivity index (χ1) is 6.75. The van der Waals surface area contributed by atoms with Gasteiger partial charge in [0.05, 0.1) is 5.69 Å². The lowest BCUT2D eigenvalue weighted by atomic mass is 10.4. The molecule has 72 valence electrons. The zero-order valence-corrected chi connectivity index (χ0v) is 8.53. The molecule has 0 saturated carbocycles. The van der Waals surface area contributed by atoms with Crippen LogP contribution in [0.2, 0.25) is 0 Å². The third-order valence-electron chi connectivity index (χ3n) is 1.80. The molecule has 2 rings (SSSR count). The van der Waals surface area contributed by atoms with E-state index in [1.807, 2.05) is 35.3 Å². The van der Waals surface area contributed by atoms with Gasteiger partial charge in [-0.1, -0.05) is 0 Å². The first-order valence-electron chi connectivity index (χ1n) is 4.12. The Morgan fingerprint density at radius 3 is 2.93 bits per heavy atom. The van der Waals surface area contributed by atoms with E-state index in [4.69, 9.17) is 5.73 Å². The molecular formula is C9H10N4S. The molecule has 0 amide bonds. The summed E-state index contributed by atoms with van der Waals surface area (Å²) in [6.45, 7) is 0. The Labute approximate surface area is 85.7 Å². The number of aryl methyl sites for hydroxylation is 1. The van der Waals surface area contributed by atoms with Gasteiger partial charge >= 0.3 is 0 Å². The van der Waals surface area contributed by atoms with Crippen LogP contribution in [0.4, 0.5) is 5.13 Å². The van der Waals surface area contributed by atoms with Gasteiger partial charge in [-0.05, 0) is 12.2 Å². The second kappa shape index (κ2) is 3.63. The quantitative estimate of drug-likeness (QED) is 0.812. The van der Waals surface area contributed by atoms with Crippen LogP contribution in [0.5, 0.6) is 0 Å². The average molecular weight is 206 g/mol. The molecule has 0 saturated heterocycles. The van der Waals surface area contributed by atoms with Crippen LogP contribution in [0, 0.1) is 0 Å². The van der Waals surface area contributed by atoms with Crippen molar-refractivity contribution in [3.63, 3.8) is 0 Å². The molecule has 0 spiro atoms. The Bertz CT molecular complexity index is 455. The van der Waals surface area contributed by atoms with Crippen molar-refractivity contribution in [2.24, 2.45) is 7.05 Å². The topological polar surface area (TPSA) is 56.7 Å². The summed E-state index contributed by atoms with van der Waals surface area (Å²) in [7, 11) is 1.95. The minimum Gasteiger partial charge on any atom is -0.375 e. The van der Waals surface area contributed by atoms with Crippen LogP contribution >= 0.6 is 11.3 Å². The number of aromatic nitrogens is 3. The summed E-state index contributed by atoms with van der Waals surface area (Å²) in [4.78, 5) is 8.27. The van der Waals surface area contributed by atoms with Crippen LogP contribution in [-0.2, 0) is 7.05 Å². The average Bonchev–Trinajstić information content (AvgIpc) is 2.72. The number of thiazole rings is 1. The molecule has 2 heterocycles. The summed E-state index contributed by atoms with van der Waals surface area (Å²) in [5.74, 6) is 0.900. The van der Waals surface area contributed by atoms with Gasteiger partial charge in [0.2, 0.25) is 0 Å². The van der Waals surface area contributed by atoms with Crippen molar-refractivity contribution in [3.8, 4) is 0 Å². The Morgan fingerprint density at radius 2 is 2.36 bits per heavy atom. The Morgan fingerprint density at radius 1 is 1.50 bits per heavy atom. The number of rotatable bonds is 2. The molecule has 0 atom stereocenters. The van der Waals surface area contributed by atoms with Crippen molar-refractivity contribution in [1.82, 2.24) is 14.5 Å². The first-order valence-corrected chi connectivity index (χ1v) is 5.00. The zero-order chi connectivity index (χ0) is 9.97. The van der Waals surface area contributed by atoms with Gasteiger partial charge in [0, 0.05) is 24.8 Å². The van der Waals surface area contributed by atoms with E-state index in [0.717, 1.165) is 11.5 Å². The maximum atomic E-state index is 5.51. The number of nitrogen functional groups attached to an aromatic ring is 1. The van der Waals surface area contributed by atoms with Crippen molar-refractivity contribution in [1.29, 1.82) is 0 Å². The second-order valence-electron chi connectivity index (χ2n) is 2.84. The molecule has 4 nitrogen and oxygen atoms in total. The summed E-state index contributed by atoms with van der Waals surface area (Å²) >= 11 is 1.43. The highest BCUT2D eigenvalue weighted by Crippen LogP contribution is 2.13. The predicted octanol–water partition coefficient (Wildman–Crippen LogP) is 1.63. The van der Waals surface area contributed by atoms with Gasteiger partial charge < -0.3 is 10.3 Å². The van der Waals surface area contributed by atoms with Gasteiger partial charge in [-0.2, -0.15) is 0 Å². The number of nitrogens with two attached hydrogens (primary N) is 1. The summed E-state index contributed by atoms with van der Waals surface area (Å²) in [6, 6.07) is 0. The van der Waals surface area contributed by atoms with E-state index in [1.54, 1.807) is 6.20 Å². The predicted molar refractivity (Wildman–Crippen MR) is 58.7 cm³/mol. The molecule has 2 aromatic heterocycles. The molecular weight excluding hydrogens is 196 g/mol. The van der Waals surface area contributed by atoms with E-state index in [9.17, 15) is 0 Å². The molecule has 14 heavy (non-hydrogen) atoms. The van der Waals surface area contributed by atoms with Crippen molar-refractivity contribution in [2.45, 2.75) is 0 Å². The largest absolute Gasteiger partial charge is 0.375 e. The van der Waals surface area contributed by atoms with Crippen LogP contribution in [0.25, 0.3) is 12.2 Å². The molecule has 0 aliphatic carbocycles. The number of hydrogen-bond acceptors (Lipinski definition) is 4. The molecule has 5 heteroatoms. The Balaban J connectivity index is 2.19. The monoisotopic (exact) mass is 206 g/mol. The van der Waals surface area contributed by atoms with Gasteiger partial charge in [-0.25, -0.2) is 9.97 Å². The number of anilines is 1.